The molecule has 1 rings (SSSR count). The molecule has 1 amide bonds. The minimum absolute atomic E-state index is 0.122. The maximum atomic E-state index is 11.5. The van der Waals surface area contributed by atoms with Crippen molar-refractivity contribution in [2.24, 2.45) is 0 Å². The number of ether oxygens (including phenoxy) is 1. The molecule has 0 saturated carbocycles. The molecule has 1 aromatic carbocycles. The molecule has 4 heteroatoms. The van der Waals surface area contributed by atoms with Gasteiger partial charge >= 0.3 is 6.09 Å². The minimum atomic E-state index is -0.494. The summed E-state index contributed by atoms with van der Waals surface area (Å²) in [7, 11) is 0. The van der Waals surface area contributed by atoms with Crippen LogP contribution < -0.4 is 5.32 Å². The molecule has 0 aliphatic heterocycles. The number of hydrogen-bond acceptors (Lipinski definition) is 3. The minimum Gasteiger partial charge on any atom is -0.508 e. The van der Waals surface area contributed by atoms with E-state index in [4.69, 9.17) is 4.74 Å². The van der Waals surface area contributed by atoms with Crippen molar-refractivity contribution in [1.82, 2.24) is 5.32 Å². The van der Waals surface area contributed by atoms with Gasteiger partial charge in [0.2, 0.25) is 0 Å². The first kappa shape index (κ1) is 18.1. The Morgan fingerprint density at radius 3 is 2.41 bits per heavy atom. The highest BCUT2D eigenvalue weighted by atomic mass is 16.6. The van der Waals surface area contributed by atoms with Crippen LogP contribution in [0.3, 0.4) is 0 Å². The second-order valence-corrected chi connectivity index (χ2v) is 7.31. The van der Waals surface area contributed by atoms with Crippen LogP contribution in [0.4, 0.5) is 4.79 Å². The van der Waals surface area contributed by atoms with E-state index in [9.17, 15) is 9.90 Å². The van der Waals surface area contributed by atoms with E-state index in [1.165, 1.54) is 0 Å². The normalized spacial score (nSPS) is 12.5. The summed E-state index contributed by atoms with van der Waals surface area (Å²) in [5, 5.41) is 12.6. The Balaban J connectivity index is 2.63. The molecule has 22 heavy (non-hydrogen) atoms. The molecule has 0 aliphatic rings. The van der Waals surface area contributed by atoms with Crippen molar-refractivity contribution in [1.29, 1.82) is 0 Å². The van der Waals surface area contributed by atoms with Gasteiger partial charge in [-0.2, -0.15) is 0 Å². The molecule has 0 heterocycles. The SMILES string of the molecule is CC(C)(C)OC(=O)NCC=Cc1ccc(O)c(C(C)(C)C)c1. The Morgan fingerprint density at radius 2 is 1.86 bits per heavy atom. The Kier molecular flexibility index (Phi) is 5.64. The van der Waals surface area contributed by atoms with Crippen LogP contribution in [0.5, 0.6) is 5.75 Å². The van der Waals surface area contributed by atoms with E-state index >= 15 is 0 Å². The smallest absolute Gasteiger partial charge is 0.407 e. The average molecular weight is 305 g/mol. The van der Waals surface area contributed by atoms with Crippen LogP contribution in [0.1, 0.15) is 52.7 Å². The van der Waals surface area contributed by atoms with Crippen molar-refractivity contribution in [3.63, 3.8) is 0 Å². The monoisotopic (exact) mass is 305 g/mol. The van der Waals surface area contributed by atoms with E-state index in [1.54, 1.807) is 6.07 Å². The summed E-state index contributed by atoms with van der Waals surface area (Å²) in [4.78, 5) is 11.5. The Labute approximate surface area is 133 Å². The molecule has 0 aliphatic carbocycles. The van der Waals surface area contributed by atoms with E-state index in [0.717, 1.165) is 11.1 Å². The van der Waals surface area contributed by atoms with Gasteiger partial charge in [0.15, 0.2) is 0 Å². The molecule has 0 radical (unpaired) electrons. The van der Waals surface area contributed by atoms with Crippen LogP contribution in [0.25, 0.3) is 6.08 Å². The van der Waals surface area contributed by atoms with Crippen LogP contribution in [-0.2, 0) is 10.2 Å². The molecular formula is C18H27NO3. The van der Waals surface area contributed by atoms with E-state index in [1.807, 2.05) is 45.1 Å². The first-order chi connectivity index (χ1) is 9.99. The van der Waals surface area contributed by atoms with E-state index in [-0.39, 0.29) is 5.41 Å². The molecule has 0 atom stereocenters. The van der Waals surface area contributed by atoms with Crippen molar-refractivity contribution in [3.05, 3.63) is 35.4 Å². The van der Waals surface area contributed by atoms with Crippen molar-refractivity contribution in [3.8, 4) is 5.75 Å². The molecule has 2 N–H and O–H groups in total. The molecular weight excluding hydrogens is 278 g/mol. The van der Waals surface area contributed by atoms with Crippen LogP contribution in [-0.4, -0.2) is 23.3 Å². The van der Waals surface area contributed by atoms with Gasteiger partial charge in [-0.05, 0) is 49.4 Å². The predicted octanol–water partition coefficient (Wildman–Crippen LogP) is 4.23. The highest BCUT2D eigenvalue weighted by Gasteiger charge is 2.18. The largest absolute Gasteiger partial charge is 0.508 e. The fraction of sp³-hybridized carbons (Fsp3) is 0.500. The van der Waals surface area contributed by atoms with E-state index in [2.05, 4.69) is 26.1 Å². The summed E-state index contributed by atoms with van der Waals surface area (Å²) in [5.74, 6) is 0.302. The molecule has 1 aromatic rings. The lowest BCUT2D eigenvalue weighted by molar-refractivity contribution is 0.0534. The van der Waals surface area contributed by atoms with E-state index in [0.29, 0.717) is 12.3 Å². The van der Waals surface area contributed by atoms with Gasteiger partial charge in [-0.25, -0.2) is 4.79 Å². The second-order valence-electron chi connectivity index (χ2n) is 7.31. The lowest BCUT2D eigenvalue weighted by Crippen LogP contribution is -2.32. The summed E-state index contributed by atoms with van der Waals surface area (Å²) in [6.07, 6.45) is 3.33. The van der Waals surface area contributed by atoms with Gasteiger partial charge in [0.25, 0.3) is 0 Å². The summed E-state index contributed by atoms with van der Waals surface area (Å²) < 4.78 is 5.15. The van der Waals surface area contributed by atoms with Crippen LogP contribution in [0.15, 0.2) is 24.3 Å². The van der Waals surface area contributed by atoms with Gasteiger partial charge in [0.1, 0.15) is 11.4 Å². The van der Waals surface area contributed by atoms with Gasteiger partial charge in [0, 0.05) is 6.54 Å². The number of phenols is 1. The molecule has 0 bridgehead atoms. The number of hydrogen-bond donors (Lipinski definition) is 2. The van der Waals surface area contributed by atoms with Crippen LogP contribution in [0, 0.1) is 0 Å². The Morgan fingerprint density at radius 1 is 1.23 bits per heavy atom. The highest BCUT2D eigenvalue weighted by Crippen LogP contribution is 2.31. The number of amides is 1. The van der Waals surface area contributed by atoms with E-state index < -0.39 is 11.7 Å². The molecule has 0 unspecified atom stereocenters. The number of alkyl carbamates (subject to hydrolysis) is 1. The van der Waals surface area contributed by atoms with Crippen LogP contribution in [0.2, 0.25) is 0 Å². The Bertz CT molecular complexity index is 548. The van der Waals surface area contributed by atoms with Gasteiger partial charge in [0.05, 0.1) is 0 Å². The molecule has 0 aromatic heterocycles. The van der Waals surface area contributed by atoms with Crippen molar-refractivity contribution in [2.45, 2.75) is 52.6 Å². The average Bonchev–Trinajstić information content (AvgIpc) is 2.33. The van der Waals surface area contributed by atoms with Crippen molar-refractivity contribution >= 4 is 12.2 Å². The number of benzene rings is 1. The third kappa shape index (κ3) is 6.20. The predicted molar refractivity (Wildman–Crippen MR) is 90.1 cm³/mol. The van der Waals surface area contributed by atoms with Gasteiger partial charge in [-0.1, -0.05) is 39.0 Å². The topological polar surface area (TPSA) is 58.6 Å². The zero-order valence-corrected chi connectivity index (χ0v) is 14.4. The molecule has 122 valence electrons. The number of rotatable bonds is 3. The van der Waals surface area contributed by atoms with Crippen molar-refractivity contribution < 1.29 is 14.6 Å². The number of nitrogens with one attached hydrogen (secondary N) is 1. The summed E-state index contributed by atoms with van der Waals surface area (Å²) in [6.45, 7) is 12.0. The lowest BCUT2D eigenvalue weighted by Gasteiger charge is -2.20. The molecule has 0 spiro atoms. The quantitative estimate of drug-likeness (QED) is 0.878. The van der Waals surface area contributed by atoms with Crippen molar-refractivity contribution in [2.75, 3.05) is 6.54 Å². The van der Waals surface area contributed by atoms with Gasteiger partial charge in [-0.3, -0.25) is 0 Å². The summed E-state index contributed by atoms with van der Waals surface area (Å²) in [5.41, 5.74) is 1.26. The number of carbonyl (C=O) groups is 1. The Hall–Kier alpha value is -1.97. The second kappa shape index (κ2) is 6.86. The highest BCUT2D eigenvalue weighted by molar-refractivity contribution is 5.68. The first-order valence-electron chi connectivity index (χ1n) is 7.46. The standard InChI is InChI=1S/C18H27NO3/c1-17(2,3)14-12-13(9-10-15(14)20)8-7-11-19-16(21)22-18(4,5)6/h7-10,12,20H,11H2,1-6H3,(H,19,21). The fourth-order valence-electron chi connectivity index (χ4n) is 1.91. The number of aromatic hydroxyl groups is 1. The van der Waals surface area contributed by atoms with Crippen LogP contribution >= 0.6 is 0 Å². The van der Waals surface area contributed by atoms with Gasteiger partial charge < -0.3 is 15.2 Å². The molecule has 0 fully saturated rings. The molecule has 4 nitrogen and oxygen atoms in total. The number of phenolic OH excluding ortho intramolecular Hbond substituents is 1. The summed E-state index contributed by atoms with van der Waals surface area (Å²) >= 11 is 0. The lowest BCUT2D eigenvalue weighted by atomic mass is 9.85. The maximum absolute atomic E-state index is 11.5. The zero-order chi connectivity index (χ0) is 17.0. The zero-order valence-electron chi connectivity index (χ0n) is 14.4. The summed E-state index contributed by atoms with van der Waals surface area (Å²) in [6, 6.07) is 5.50. The number of carbonyl (C=O) groups excluding carboxylic acids is 1. The molecule has 0 saturated heterocycles. The first-order valence-corrected chi connectivity index (χ1v) is 7.46. The maximum Gasteiger partial charge on any atom is 0.407 e. The third-order valence-electron chi connectivity index (χ3n) is 2.90. The fourth-order valence-corrected chi connectivity index (χ4v) is 1.91. The van der Waals surface area contributed by atoms with Gasteiger partial charge in [-0.15, -0.1) is 0 Å². The third-order valence-corrected chi connectivity index (χ3v) is 2.90.